The summed E-state index contributed by atoms with van der Waals surface area (Å²) in [7, 11) is 0. The molecule has 2 aliphatic rings. The van der Waals surface area contributed by atoms with E-state index in [1.165, 1.54) is 6.20 Å². The molecule has 4 rings (SSSR count). The molecule has 1 fully saturated rings. The van der Waals surface area contributed by atoms with Crippen molar-refractivity contribution in [2.45, 2.75) is 44.7 Å². The summed E-state index contributed by atoms with van der Waals surface area (Å²) in [6.07, 6.45) is 6.47. The van der Waals surface area contributed by atoms with E-state index in [-0.39, 0.29) is 11.6 Å². The molecule has 1 aliphatic heterocycles. The summed E-state index contributed by atoms with van der Waals surface area (Å²) in [5.41, 5.74) is 2.63. The summed E-state index contributed by atoms with van der Waals surface area (Å²) in [5.74, 6) is 0.608. The van der Waals surface area contributed by atoms with Crippen LogP contribution in [0.25, 0.3) is 0 Å². The topological polar surface area (TPSA) is 87.7 Å². The standard InChI is InChI=1S/C17H18N6O/c18-10-13-6-7-19-20-17(13)22-8-2-4-14(22)11-23-16(24)9-12-3-1-5-15(12)21-23/h6-7,9,14H,1-5,8,11H2. The summed E-state index contributed by atoms with van der Waals surface area (Å²) in [6, 6.07) is 5.70. The van der Waals surface area contributed by atoms with Crippen LogP contribution in [0.15, 0.2) is 23.1 Å². The van der Waals surface area contributed by atoms with Crippen LogP contribution in [0.4, 0.5) is 5.82 Å². The molecule has 0 N–H and O–H groups in total. The van der Waals surface area contributed by atoms with Gasteiger partial charge in [0.2, 0.25) is 0 Å². The fourth-order valence-corrected chi connectivity index (χ4v) is 3.70. The Morgan fingerprint density at radius 1 is 1.33 bits per heavy atom. The molecule has 0 bridgehead atoms. The van der Waals surface area contributed by atoms with Crippen molar-refractivity contribution in [3.63, 3.8) is 0 Å². The van der Waals surface area contributed by atoms with Crippen molar-refractivity contribution in [3.05, 3.63) is 45.5 Å². The van der Waals surface area contributed by atoms with Gasteiger partial charge in [-0.05, 0) is 43.7 Å². The fraction of sp³-hybridized carbons (Fsp3) is 0.471. The molecule has 2 aromatic heterocycles. The summed E-state index contributed by atoms with van der Waals surface area (Å²) in [4.78, 5) is 14.4. The number of fused-ring (bicyclic) bond motifs is 1. The molecule has 1 aliphatic carbocycles. The summed E-state index contributed by atoms with van der Waals surface area (Å²) in [6.45, 7) is 1.34. The third kappa shape index (κ3) is 2.54. The Bertz CT molecular complexity index is 868. The van der Waals surface area contributed by atoms with E-state index in [1.54, 1.807) is 16.8 Å². The van der Waals surface area contributed by atoms with Crippen LogP contribution in [-0.2, 0) is 19.4 Å². The number of aryl methyl sites for hydroxylation is 2. The third-order valence-corrected chi connectivity index (χ3v) is 4.88. The molecule has 3 heterocycles. The van der Waals surface area contributed by atoms with Crippen LogP contribution in [0.3, 0.4) is 0 Å². The van der Waals surface area contributed by atoms with Crippen LogP contribution in [-0.4, -0.2) is 32.6 Å². The fourth-order valence-electron chi connectivity index (χ4n) is 3.70. The van der Waals surface area contributed by atoms with Crippen molar-refractivity contribution in [1.82, 2.24) is 20.0 Å². The highest BCUT2D eigenvalue weighted by atomic mass is 16.1. The smallest absolute Gasteiger partial charge is 0.267 e. The number of nitriles is 1. The number of nitrogens with zero attached hydrogens (tertiary/aromatic N) is 6. The minimum Gasteiger partial charge on any atom is -0.349 e. The molecular weight excluding hydrogens is 304 g/mol. The number of rotatable bonds is 3. The van der Waals surface area contributed by atoms with Crippen molar-refractivity contribution in [2.24, 2.45) is 0 Å². The van der Waals surface area contributed by atoms with Gasteiger partial charge in [-0.25, -0.2) is 4.68 Å². The van der Waals surface area contributed by atoms with E-state index in [9.17, 15) is 10.1 Å². The number of hydrogen-bond donors (Lipinski definition) is 0. The molecule has 24 heavy (non-hydrogen) atoms. The molecule has 0 radical (unpaired) electrons. The molecule has 0 saturated carbocycles. The maximum Gasteiger partial charge on any atom is 0.267 e. The van der Waals surface area contributed by atoms with Gasteiger partial charge >= 0.3 is 0 Å². The second-order valence-electron chi connectivity index (χ2n) is 6.36. The van der Waals surface area contributed by atoms with Gasteiger partial charge in [0.05, 0.1) is 30.0 Å². The molecule has 0 aromatic carbocycles. The quantitative estimate of drug-likeness (QED) is 0.840. The van der Waals surface area contributed by atoms with E-state index in [4.69, 9.17) is 0 Å². The number of aromatic nitrogens is 4. The van der Waals surface area contributed by atoms with Crippen LogP contribution in [0, 0.1) is 11.3 Å². The summed E-state index contributed by atoms with van der Waals surface area (Å²) < 4.78 is 1.58. The summed E-state index contributed by atoms with van der Waals surface area (Å²) >= 11 is 0. The highest BCUT2D eigenvalue weighted by Crippen LogP contribution is 2.26. The minimum absolute atomic E-state index is 0.0397. The lowest BCUT2D eigenvalue weighted by Gasteiger charge is -2.26. The monoisotopic (exact) mass is 322 g/mol. The first-order chi connectivity index (χ1) is 11.8. The largest absolute Gasteiger partial charge is 0.349 e. The molecule has 0 amide bonds. The Morgan fingerprint density at radius 2 is 2.25 bits per heavy atom. The predicted molar refractivity (Wildman–Crippen MR) is 87.6 cm³/mol. The molecule has 122 valence electrons. The van der Waals surface area contributed by atoms with Gasteiger partial charge in [0, 0.05) is 12.6 Å². The second-order valence-corrected chi connectivity index (χ2v) is 6.36. The van der Waals surface area contributed by atoms with Gasteiger partial charge in [-0.15, -0.1) is 5.10 Å². The van der Waals surface area contributed by atoms with Crippen LogP contribution in [0.5, 0.6) is 0 Å². The van der Waals surface area contributed by atoms with Crippen molar-refractivity contribution in [3.8, 4) is 6.07 Å². The maximum absolute atomic E-state index is 12.3. The van der Waals surface area contributed by atoms with Gasteiger partial charge in [-0.3, -0.25) is 4.79 Å². The molecular formula is C17H18N6O. The summed E-state index contributed by atoms with van der Waals surface area (Å²) in [5, 5.41) is 21.9. The zero-order valence-corrected chi connectivity index (χ0v) is 13.4. The van der Waals surface area contributed by atoms with Crippen LogP contribution in [0.1, 0.15) is 36.1 Å². The Labute approximate surface area is 139 Å². The first-order valence-corrected chi connectivity index (χ1v) is 8.34. The lowest BCUT2D eigenvalue weighted by molar-refractivity contribution is 0.481. The van der Waals surface area contributed by atoms with E-state index in [0.29, 0.717) is 17.9 Å². The number of anilines is 1. The maximum atomic E-state index is 12.3. The lowest BCUT2D eigenvalue weighted by Crippen LogP contribution is -2.38. The van der Waals surface area contributed by atoms with E-state index >= 15 is 0 Å². The van der Waals surface area contributed by atoms with Crippen molar-refractivity contribution in [1.29, 1.82) is 5.26 Å². The highest BCUT2D eigenvalue weighted by molar-refractivity contribution is 5.53. The molecule has 2 aromatic rings. The van der Waals surface area contributed by atoms with E-state index in [2.05, 4.69) is 26.3 Å². The average Bonchev–Trinajstić information content (AvgIpc) is 3.24. The van der Waals surface area contributed by atoms with Gasteiger partial charge in [-0.2, -0.15) is 15.5 Å². The Hall–Kier alpha value is -2.75. The molecule has 7 nitrogen and oxygen atoms in total. The zero-order valence-electron chi connectivity index (χ0n) is 13.4. The van der Waals surface area contributed by atoms with E-state index in [0.717, 1.165) is 49.9 Å². The lowest BCUT2D eigenvalue weighted by atomic mass is 10.2. The van der Waals surface area contributed by atoms with Gasteiger partial charge in [0.1, 0.15) is 6.07 Å². The first-order valence-electron chi connectivity index (χ1n) is 8.34. The van der Waals surface area contributed by atoms with Crippen LogP contribution in [0.2, 0.25) is 0 Å². The van der Waals surface area contributed by atoms with E-state index in [1.807, 2.05) is 0 Å². The zero-order chi connectivity index (χ0) is 16.5. The first kappa shape index (κ1) is 14.8. The molecule has 1 saturated heterocycles. The van der Waals surface area contributed by atoms with Crippen molar-refractivity contribution >= 4 is 5.82 Å². The van der Waals surface area contributed by atoms with Gasteiger partial charge in [0.15, 0.2) is 5.82 Å². The average molecular weight is 322 g/mol. The van der Waals surface area contributed by atoms with E-state index < -0.39 is 0 Å². The third-order valence-electron chi connectivity index (χ3n) is 4.88. The Kier molecular flexibility index (Phi) is 3.73. The van der Waals surface area contributed by atoms with Crippen LogP contribution < -0.4 is 10.5 Å². The molecule has 0 spiro atoms. The van der Waals surface area contributed by atoms with Gasteiger partial charge in [-0.1, -0.05) is 0 Å². The second kappa shape index (κ2) is 6.04. The highest BCUT2D eigenvalue weighted by Gasteiger charge is 2.29. The minimum atomic E-state index is -0.0397. The Morgan fingerprint density at radius 3 is 3.12 bits per heavy atom. The normalized spacial score (nSPS) is 19.3. The van der Waals surface area contributed by atoms with Gasteiger partial charge in [0.25, 0.3) is 5.56 Å². The van der Waals surface area contributed by atoms with Crippen molar-refractivity contribution in [2.75, 3.05) is 11.4 Å². The molecule has 7 heteroatoms. The molecule has 1 atom stereocenters. The number of hydrogen-bond acceptors (Lipinski definition) is 6. The molecule has 1 unspecified atom stereocenters. The predicted octanol–water partition coefficient (Wildman–Crippen LogP) is 1.06. The Balaban J connectivity index is 1.63. The van der Waals surface area contributed by atoms with Gasteiger partial charge < -0.3 is 4.90 Å². The SMILES string of the molecule is N#Cc1ccnnc1N1CCCC1Cn1nc2c(cc1=O)CCC2. The van der Waals surface area contributed by atoms with Crippen LogP contribution >= 0.6 is 0 Å². The van der Waals surface area contributed by atoms with Crippen molar-refractivity contribution < 1.29 is 0 Å².